The van der Waals surface area contributed by atoms with Gasteiger partial charge in [-0.3, -0.25) is 14.4 Å². The lowest BCUT2D eigenvalue weighted by Gasteiger charge is -2.40. The number of carbonyl (C=O) groups is 4. The first-order chi connectivity index (χ1) is 13.3. The molecule has 2 amide bonds. The zero-order chi connectivity index (χ0) is 20.9. The van der Waals surface area contributed by atoms with Crippen molar-refractivity contribution in [3.05, 3.63) is 0 Å². The number of nitrogens with zero attached hydrogens (tertiary/aromatic N) is 3. The molecule has 1 N–H and O–H groups in total. The third kappa shape index (κ3) is 4.70. The van der Waals surface area contributed by atoms with Gasteiger partial charge in [0.05, 0.1) is 7.11 Å². The molecule has 9 nitrogen and oxygen atoms in total. The summed E-state index contributed by atoms with van der Waals surface area (Å²) in [7, 11) is 5.05. The molecule has 0 saturated carbocycles. The quantitative estimate of drug-likeness (QED) is 0.327. The fourth-order valence-corrected chi connectivity index (χ4v) is 4.02. The van der Waals surface area contributed by atoms with E-state index in [-0.39, 0.29) is 11.9 Å². The first-order valence-electron chi connectivity index (χ1n) is 9.82. The summed E-state index contributed by atoms with van der Waals surface area (Å²) in [5.74, 6) is -2.06. The third-order valence-electron chi connectivity index (χ3n) is 6.05. The summed E-state index contributed by atoms with van der Waals surface area (Å²) in [6.45, 7) is 4.73. The monoisotopic (exact) mass is 396 g/mol. The van der Waals surface area contributed by atoms with E-state index in [9.17, 15) is 19.2 Å². The van der Waals surface area contributed by atoms with Gasteiger partial charge in [-0.25, -0.2) is 4.79 Å². The van der Waals surface area contributed by atoms with Crippen LogP contribution < -0.4 is 5.32 Å². The second-order valence-corrected chi connectivity index (χ2v) is 7.85. The standard InChI is InChI=1S/C19H32N4O5/c1-5-21(2)12-14-6-7-15(23(14)13-24)17(26)20-19(16(25)18(27)28-4)8-10-22(3)11-9-19/h13-15H,5-12H2,1-4H3,(H,20,26). The van der Waals surface area contributed by atoms with Crippen LogP contribution in [0.3, 0.4) is 0 Å². The molecule has 2 unspecified atom stereocenters. The van der Waals surface area contributed by atoms with Gasteiger partial charge in [-0.15, -0.1) is 0 Å². The van der Waals surface area contributed by atoms with Crippen LogP contribution in [0.15, 0.2) is 0 Å². The maximum absolute atomic E-state index is 13.0. The molecule has 0 aromatic heterocycles. The van der Waals surface area contributed by atoms with Crippen molar-refractivity contribution in [3.8, 4) is 0 Å². The van der Waals surface area contributed by atoms with E-state index in [4.69, 9.17) is 0 Å². The Hall–Kier alpha value is -2.00. The lowest BCUT2D eigenvalue weighted by Crippen LogP contribution is -2.64. The van der Waals surface area contributed by atoms with Crippen molar-refractivity contribution in [2.75, 3.05) is 47.4 Å². The normalized spacial score (nSPS) is 24.8. The van der Waals surface area contributed by atoms with Crippen molar-refractivity contribution in [1.29, 1.82) is 0 Å². The number of ether oxygens (including phenoxy) is 1. The summed E-state index contributed by atoms with van der Waals surface area (Å²) in [6, 6.07) is -0.669. The number of hydrogen-bond donors (Lipinski definition) is 1. The van der Waals surface area contributed by atoms with E-state index in [1.807, 2.05) is 25.9 Å². The topological polar surface area (TPSA) is 99.3 Å². The molecule has 2 saturated heterocycles. The van der Waals surface area contributed by atoms with Crippen LogP contribution in [0.4, 0.5) is 0 Å². The van der Waals surface area contributed by atoms with Crippen molar-refractivity contribution in [1.82, 2.24) is 20.0 Å². The van der Waals surface area contributed by atoms with Gasteiger partial charge < -0.3 is 24.8 Å². The van der Waals surface area contributed by atoms with Crippen molar-refractivity contribution < 1.29 is 23.9 Å². The first-order valence-corrected chi connectivity index (χ1v) is 9.82. The minimum Gasteiger partial charge on any atom is -0.463 e. The second kappa shape index (κ2) is 9.47. The molecule has 0 spiro atoms. The molecule has 158 valence electrons. The molecule has 2 atom stereocenters. The number of likely N-dealkylation sites (N-methyl/N-ethyl adjacent to an activating group) is 1. The van der Waals surface area contributed by atoms with Gasteiger partial charge in [0.15, 0.2) is 0 Å². The van der Waals surface area contributed by atoms with Crippen LogP contribution >= 0.6 is 0 Å². The highest BCUT2D eigenvalue weighted by Gasteiger charge is 2.48. The van der Waals surface area contributed by atoms with Gasteiger partial charge in [0, 0.05) is 25.7 Å². The van der Waals surface area contributed by atoms with E-state index in [2.05, 4.69) is 15.0 Å². The van der Waals surface area contributed by atoms with Gasteiger partial charge in [-0.2, -0.15) is 0 Å². The van der Waals surface area contributed by atoms with E-state index >= 15 is 0 Å². The highest BCUT2D eigenvalue weighted by Crippen LogP contribution is 2.27. The number of amides is 2. The highest BCUT2D eigenvalue weighted by molar-refractivity contribution is 6.37. The molecule has 2 heterocycles. The van der Waals surface area contributed by atoms with Crippen molar-refractivity contribution in [2.45, 2.75) is 50.2 Å². The van der Waals surface area contributed by atoms with E-state index < -0.39 is 23.3 Å². The largest absolute Gasteiger partial charge is 0.463 e. The predicted molar refractivity (Wildman–Crippen MR) is 103 cm³/mol. The molecule has 28 heavy (non-hydrogen) atoms. The molecule has 2 aliphatic heterocycles. The Morgan fingerprint density at radius 1 is 1.25 bits per heavy atom. The van der Waals surface area contributed by atoms with E-state index in [1.54, 1.807) is 4.90 Å². The maximum atomic E-state index is 13.0. The third-order valence-corrected chi connectivity index (χ3v) is 6.05. The smallest absolute Gasteiger partial charge is 0.376 e. The van der Waals surface area contributed by atoms with Crippen LogP contribution in [-0.4, -0.2) is 104 Å². The molecule has 0 radical (unpaired) electrons. The van der Waals surface area contributed by atoms with E-state index in [1.165, 1.54) is 0 Å². The summed E-state index contributed by atoms with van der Waals surface area (Å²) >= 11 is 0. The zero-order valence-electron chi connectivity index (χ0n) is 17.3. The molecular weight excluding hydrogens is 364 g/mol. The summed E-state index contributed by atoms with van der Waals surface area (Å²) in [4.78, 5) is 55.0. The molecule has 0 aliphatic carbocycles. The molecule has 0 bridgehead atoms. The zero-order valence-corrected chi connectivity index (χ0v) is 17.3. The number of piperidine rings is 1. The minimum atomic E-state index is -1.27. The SMILES string of the molecule is CCN(C)CC1CCC(C(=O)NC2(C(=O)C(=O)OC)CCN(C)CC2)N1C=O. The Kier molecular flexibility index (Phi) is 7.54. The van der Waals surface area contributed by atoms with Gasteiger partial charge in [-0.1, -0.05) is 6.92 Å². The fourth-order valence-electron chi connectivity index (χ4n) is 4.02. The Balaban J connectivity index is 2.15. The van der Waals surface area contributed by atoms with Crippen LogP contribution in [-0.2, 0) is 23.9 Å². The number of likely N-dealkylation sites (tertiary alicyclic amines) is 2. The van der Waals surface area contributed by atoms with Crippen LogP contribution in [0, 0.1) is 0 Å². The van der Waals surface area contributed by atoms with Gasteiger partial charge in [0.2, 0.25) is 12.3 Å². The Labute approximate surface area is 166 Å². The second-order valence-electron chi connectivity index (χ2n) is 7.85. The molecule has 9 heteroatoms. The number of nitrogens with one attached hydrogen (secondary N) is 1. The molecule has 0 aromatic carbocycles. The lowest BCUT2D eigenvalue weighted by molar-refractivity contribution is -0.156. The Bertz CT molecular complexity index is 603. The van der Waals surface area contributed by atoms with Gasteiger partial charge in [0.1, 0.15) is 11.6 Å². The molecule has 2 rings (SSSR count). The van der Waals surface area contributed by atoms with E-state index in [0.717, 1.165) is 26.5 Å². The Morgan fingerprint density at radius 3 is 2.43 bits per heavy atom. The summed E-state index contributed by atoms with van der Waals surface area (Å²) < 4.78 is 4.61. The number of hydrogen-bond acceptors (Lipinski definition) is 7. The van der Waals surface area contributed by atoms with Crippen LogP contribution in [0.25, 0.3) is 0 Å². The highest BCUT2D eigenvalue weighted by atomic mass is 16.5. The summed E-state index contributed by atoms with van der Waals surface area (Å²) in [5, 5.41) is 2.83. The van der Waals surface area contributed by atoms with Crippen molar-refractivity contribution in [3.63, 3.8) is 0 Å². The number of esters is 1. The van der Waals surface area contributed by atoms with Gasteiger partial charge >= 0.3 is 5.97 Å². The summed E-state index contributed by atoms with van der Waals surface area (Å²) in [6.07, 6.45) is 2.64. The lowest BCUT2D eigenvalue weighted by atomic mass is 9.83. The number of methoxy groups -OCH3 is 1. The molecule has 0 aromatic rings. The molecular formula is C19H32N4O5. The average Bonchev–Trinajstić information content (AvgIpc) is 3.11. The van der Waals surface area contributed by atoms with Crippen LogP contribution in [0.1, 0.15) is 32.6 Å². The van der Waals surface area contributed by atoms with Crippen molar-refractivity contribution >= 4 is 24.1 Å². The summed E-state index contributed by atoms with van der Waals surface area (Å²) in [5.41, 5.74) is -1.27. The van der Waals surface area contributed by atoms with Gasteiger partial charge in [-0.05, 0) is 46.3 Å². The first kappa shape index (κ1) is 22.3. The number of ketones is 1. The number of rotatable bonds is 8. The van der Waals surface area contributed by atoms with E-state index in [0.29, 0.717) is 38.9 Å². The van der Waals surface area contributed by atoms with Crippen LogP contribution in [0.2, 0.25) is 0 Å². The number of carbonyl (C=O) groups excluding carboxylic acids is 4. The average molecular weight is 396 g/mol. The maximum Gasteiger partial charge on any atom is 0.376 e. The molecule has 2 aliphatic rings. The number of Topliss-reactive ketones (excluding diaryl/α,β-unsaturated/α-hetero) is 1. The van der Waals surface area contributed by atoms with Crippen LogP contribution in [0.5, 0.6) is 0 Å². The Morgan fingerprint density at radius 2 is 1.89 bits per heavy atom. The fraction of sp³-hybridized carbons (Fsp3) is 0.789. The predicted octanol–water partition coefficient (Wildman–Crippen LogP) is -0.750. The van der Waals surface area contributed by atoms with Gasteiger partial charge in [0.25, 0.3) is 5.78 Å². The van der Waals surface area contributed by atoms with Crippen molar-refractivity contribution in [2.24, 2.45) is 0 Å². The molecule has 2 fully saturated rings. The minimum absolute atomic E-state index is 0.0389.